The number of piperidine rings is 1. The average molecular weight is 340 g/mol. The van der Waals surface area contributed by atoms with Crippen molar-refractivity contribution in [3.05, 3.63) is 29.3 Å². The zero-order valence-electron chi connectivity index (χ0n) is 11.5. The summed E-state index contributed by atoms with van der Waals surface area (Å²) in [6.45, 7) is 0.431. The molecule has 0 unspecified atom stereocenters. The standard InChI is InChI=1S/C13H16ClF2NO3S/c1-20-10-2-4-17(5-3-10)21(18,19)12-7-9(8-14)6-11(15)13(12)16/h6-7,10H,2-5,8H2,1H3. The van der Waals surface area contributed by atoms with Crippen LogP contribution in [0.3, 0.4) is 0 Å². The largest absolute Gasteiger partial charge is 0.381 e. The number of halogens is 3. The van der Waals surface area contributed by atoms with Gasteiger partial charge in [-0.15, -0.1) is 11.6 Å². The quantitative estimate of drug-likeness (QED) is 0.792. The van der Waals surface area contributed by atoms with Crippen LogP contribution >= 0.6 is 11.6 Å². The third-order valence-electron chi connectivity index (χ3n) is 3.56. The molecule has 0 amide bonds. The molecule has 8 heteroatoms. The van der Waals surface area contributed by atoms with Gasteiger partial charge in [-0.05, 0) is 30.5 Å². The Balaban J connectivity index is 2.34. The summed E-state index contributed by atoms with van der Waals surface area (Å²) < 4.78 is 58.6. The van der Waals surface area contributed by atoms with Crippen molar-refractivity contribution in [3.8, 4) is 0 Å². The number of nitrogens with zero attached hydrogens (tertiary/aromatic N) is 1. The maximum atomic E-state index is 13.9. The fourth-order valence-electron chi connectivity index (χ4n) is 2.33. The average Bonchev–Trinajstić information content (AvgIpc) is 2.49. The molecule has 1 fully saturated rings. The van der Waals surface area contributed by atoms with Crippen molar-refractivity contribution < 1.29 is 21.9 Å². The molecule has 21 heavy (non-hydrogen) atoms. The Labute approximate surface area is 127 Å². The molecule has 1 heterocycles. The smallest absolute Gasteiger partial charge is 0.246 e. The van der Waals surface area contributed by atoms with Crippen molar-refractivity contribution in [1.29, 1.82) is 0 Å². The van der Waals surface area contributed by atoms with Gasteiger partial charge in [0.05, 0.1) is 6.10 Å². The highest BCUT2D eigenvalue weighted by molar-refractivity contribution is 7.89. The lowest BCUT2D eigenvalue weighted by molar-refractivity contribution is 0.0604. The number of hydrogen-bond acceptors (Lipinski definition) is 3. The molecular formula is C13H16ClF2NO3S. The molecule has 0 atom stereocenters. The first-order valence-corrected chi connectivity index (χ1v) is 8.44. The molecule has 0 aromatic heterocycles. The van der Waals surface area contributed by atoms with Gasteiger partial charge < -0.3 is 4.74 Å². The predicted octanol–water partition coefficient (Wildman–Crippen LogP) is 2.50. The van der Waals surface area contributed by atoms with Crippen LogP contribution in [0.15, 0.2) is 17.0 Å². The summed E-state index contributed by atoms with van der Waals surface area (Å²) in [6, 6.07) is 1.99. The van der Waals surface area contributed by atoms with Crippen molar-refractivity contribution in [2.45, 2.75) is 29.7 Å². The van der Waals surface area contributed by atoms with Gasteiger partial charge in [-0.3, -0.25) is 0 Å². The van der Waals surface area contributed by atoms with E-state index in [0.717, 1.165) is 16.4 Å². The fraction of sp³-hybridized carbons (Fsp3) is 0.538. The molecule has 0 saturated carbocycles. The van der Waals surface area contributed by atoms with Gasteiger partial charge in [-0.25, -0.2) is 17.2 Å². The van der Waals surface area contributed by atoms with Crippen LogP contribution in [0.4, 0.5) is 8.78 Å². The third kappa shape index (κ3) is 3.36. The first-order valence-electron chi connectivity index (χ1n) is 6.47. The third-order valence-corrected chi connectivity index (χ3v) is 5.77. The van der Waals surface area contributed by atoms with Crippen LogP contribution in [-0.2, 0) is 20.6 Å². The molecule has 0 aliphatic carbocycles. The van der Waals surface area contributed by atoms with Crippen LogP contribution in [0, 0.1) is 11.6 Å². The first-order chi connectivity index (χ1) is 9.90. The molecule has 1 saturated heterocycles. The Kier molecular flexibility index (Phi) is 5.19. The molecule has 2 rings (SSSR count). The molecule has 118 valence electrons. The maximum absolute atomic E-state index is 13.9. The van der Waals surface area contributed by atoms with E-state index in [4.69, 9.17) is 16.3 Å². The topological polar surface area (TPSA) is 46.6 Å². The van der Waals surface area contributed by atoms with Crippen molar-refractivity contribution >= 4 is 21.6 Å². The lowest BCUT2D eigenvalue weighted by Gasteiger charge is -2.30. The van der Waals surface area contributed by atoms with Crippen LogP contribution < -0.4 is 0 Å². The Morgan fingerprint density at radius 2 is 1.95 bits per heavy atom. The van der Waals surface area contributed by atoms with E-state index in [1.165, 1.54) is 0 Å². The number of sulfonamides is 1. The second-order valence-corrected chi connectivity index (χ2v) is 7.04. The number of rotatable bonds is 4. The molecule has 0 bridgehead atoms. The monoisotopic (exact) mass is 339 g/mol. The van der Waals surface area contributed by atoms with Gasteiger partial charge in [0.15, 0.2) is 11.6 Å². The second-order valence-electron chi connectivity index (χ2n) is 4.86. The van der Waals surface area contributed by atoms with E-state index in [1.807, 2.05) is 0 Å². The van der Waals surface area contributed by atoms with Crippen molar-refractivity contribution in [2.24, 2.45) is 0 Å². The molecule has 1 aromatic carbocycles. The Morgan fingerprint density at radius 1 is 1.33 bits per heavy atom. The number of methoxy groups -OCH3 is 1. The summed E-state index contributed by atoms with van der Waals surface area (Å²) in [5, 5.41) is 0. The summed E-state index contributed by atoms with van der Waals surface area (Å²) in [4.78, 5) is -0.658. The number of benzene rings is 1. The van der Waals surface area contributed by atoms with E-state index < -0.39 is 26.6 Å². The maximum Gasteiger partial charge on any atom is 0.246 e. The highest BCUT2D eigenvalue weighted by Crippen LogP contribution is 2.26. The summed E-state index contributed by atoms with van der Waals surface area (Å²) >= 11 is 5.58. The van der Waals surface area contributed by atoms with E-state index in [2.05, 4.69) is 0 Å². The minimum atomic E-state index is -4.08. The molecule has 0 spiro atoms. The number of hydrogen-bond donors (Lipinski definition) is 0. The van der Waals surface area contributed by atoms with Crippen molar-refractivity contribution in [3.63, 3.8) is 0 Å². The molecule has 0 radical (unpaired) electrons. The van der Waals surface area contributed by atoms with E-state index in [9.17, 15) is 17.2 Å². The molecule has 4 nitrogen and oxygen atoms in total. The highest BCUT2D eigenvalue weighted by atomic mass is 35.5. The van der Waals surface area contributed by atoms with Gasteiger partial charge in [0, 0.05) is 26.1 Å². The van der Waals surface area contributed by atoms with E-state index in [0.29, 0.717) is 12.8 Å². The normalized spacial score (nSPS) is 18.1. The van der Waals surface area contributed by atoms with Crippen molar-refractivity contribution in [1.82, 2.24) is 4.31 Å². The fourth-order valence-corrected chi connectivity index (χ4v) is 4.08. The van der Waals surface area contributed by atoms with Gasteiger partial charge in [0.1, 0.15) is 4.90 Å². The molecule has 1 aliphatic rings. The van der Waals surface area contributed by atoms with Gasteiger partial charge in [-0.2, -0.15) is 4.31 Å². The van der Waals surface area contributed by atoms with Gasteiger partial charge in [0.25, 0.3) is 0 Å². The van der Waals surface area contributed by atoms with Gasteiger partial charge in [-0.1, -0.05) is 0 Å². The van der Waals surface area contributed by atoms with E-state index >= 15 is 0 Å². The Morgan fingerprint density at radius 3 is 2.48 bits per heavy atom. The molecule has 1 aromatic rings. The lowest BCUT2D eigenvalue weighted by atomic mass is 10.1. The Bertz CT molecular complexity index is 616. The molecule has 0 N–H and O–H groups in total. The SMILES string of the molecule is COC1CCN(S(=O)(=O)c2cc(CCl)cc(F)c2F)CC1. The van der Waals surface area contributed by atoms with Crippen LogP contribution in [0.2, 0.25) is 0 Å². The summed E-state index contributed by atoms with van der Waals surface area (Å²) in [7, 11) is -2.51. The lowest BCUT2D eigenvalue weighted by Crippen LogP contribution is -2.40. The Hall–Kier alpha value is -0.760. The molecular weight excluding hydrogens is 324 g/mol. The van der Waals surface area contributed by atoms with Gasteiger partial charge >= 0.3 is 0 Å². The summed E-state index contributed by atoms with van der Waals surface area (Å²) in [5.41, 5.74) is 0.223. The van der Waals surface area contributed by atoms with E-state index in [-0.39, 0.29) is 30.6 Å². The van der Waals surface area contributed by atoms with Crippen LogP contribution in [-0.4, -0.2) is 39.0 Å². The zero-order chi connectivity index (χ0) is 15.6. The van der Waals surface area contributed by atoms with E-state index in [1.54, 1.807) is 7.11 Å². The van der Waals surface area contributed by atoms with Crippen LogP contribution in [0.5, 0.6) is 0 Å². The van der Waals surface area contributed by atoms with Crippen molar-refractivity contribution in [2.75, 3.05) is 20.2 Å². The van der Waals surface area contributed by atoms with Crippen LogP contribution in [0.1, 0.15) is 18.4 Å². The summed E-state index contributed by atoms with van der Waals surface area (Å²) in [6.07, 6.45) is 1.04. The first kappa shape index (κ1) is 16.6. The highest BCUT2D eigenvalue weighted by Gasteiger charge is 2.32. The second kappa shape index (κ2) is 6.56. The number of ether oxygens (including phenoxy) is 1. The van der Waals surface area contributed by atoms with Crippen LogP contribution in [0.25, 0.3) is 0 Å². The van der Waals surface area contributed by atoms with Gasteiger partial charge in [0.2, 0.25) is 10.0 Å². The number of alkyl halides is 1. The summed E-state index contributed by atoms with van der Waals surface area (Å²) in [5.74, 6) is -2.66. The molecule has 1 aliphatic heterocycles. The minimum Gasteiger partial charge on any atom is -0.381 e. The minimum absolute atomic E-state index is 0.00721. The zero-order valence-corrected chi connectivity index (χ0v) is 13.1. The predicted molar refractivity (Wildman–Crippen MR) is 74.7 cm³/mol.